The molecule has 0 radical (unpaired) electrons. The molecule has 1 aliphatic carbocycles. The lowest BCUT2D eigenvalue weighted by molar-refractivity contribution is -0.0704. The first-order valence-corrected chi connectivity index (χ1v) is 9.52. The van der Waals surface area contributed by atoms with Crippen molar-refractivity contribution in [2.45, 2.75) is 52.0 Å². The highest BCUT2D eigenvalue weighted by Crippen LogP contribution is 2.27. The fraction of sp³-hybridized carbons (Fsp3) is 0.650. The number of morpholine rings is 1. The van der Waals surface area contributed by atoms with E-state index in [0.29, 0.717) is 12.2 Å². The lowest BCUT2D eigenvalue weighted by Crippen LogP contribution is -2.44. The summed E-state index contributed by atoms with van der Waals surface area (Å²) in [6, 6.07) is 8.90. The Kier molecular flexibility index (Phi) is 6.32. The smallest absolute Gasteiger partial charge is 0.191 e. The van der Waals surface area contributed by atoms with Crippen LogP contribution in [0, 0.1) is 5.92 Å². The normalized spacial score (nSPS) is 25.0. The summed E-state index contributed by atoms with van der Waals surface area (Å²) in [5.41, 5.74) is 2.64. The van der Waals surface area contributed by atoms with Crippen molar-refractivity contribution >= 4 is 5.96 Å². The largest absolute Gasteiger partial charge is 0.373 e. The molecule has 5 nitrogen and oxygen atoms in total. The summed E-state index contributed by atoms with van der Waals surface area (Å²) in [6.45, 7) is 9.16. The molecule has 2 fully saturated rings. The van der Waals surface area contributed by atoms with Gasteiger partial charge in [0.25, 0.3) is 0 Å². The number of nitrogens with zero attached hydrogens (tertiary/aromatic N) is 2. The van der Waals surface area contributed by atoms with Gasteiger partial charge in [0.05, 0.1) is 12.2 Å². The van der Waals surface area contributed by atoms with E-state index in [4.69, 9.17) is 4.74 Å². The molecule has 2 unspecified atom stereocenters. The minimum absolute atomic E-state index is 0.321. The van der Waals surface area contributed by atoms with Gasteiger partial charge >= 0.3 is 0 Å². The maximum atomic E-state index is 5.81. The van der Waals surface area contributed by atoms with Gasteiger partial charge in [-0.3, -0.25) is 9.89 Å². The highest BCUT2D eigenvalue weighted by molar-refractivity contribution is 5.79. The summed E-state index contributed by atoms with van der Waals surface area (Å²) in [5.74, 6) is 1.75. The number of ether oxygens (including phenoxy) is 1. The molecule has 138 valence electrons. The number of benzene rings is 1. The van der Waals surface area contributed by atoms with Crippen LogP contribution in [0.4, 0.5) is 0 Å². The van der Waals surface area contributed by atoms with Gasteiger partial charge in [-0.15, -0.1) is 0 Å². The molecule has 5 heteroatoms. The summed E-state index contributed by atoms with van der Waals surface area (Å²) in [7, 11) is 1.83. The van der Waals surface area contributed by atoms with Gasteiger partial charge < -0.3 is 15.4 Å². The highest BCUT2D eigenvalue weighted by Gasteiger charge is 2.22. The Hall–Kier alpha value is -1.59. The maximum absolute atomic E-state index is 5.81. The van der Waals surface area contributed by atoms with Crippen LogP contribution in [0.15, 0.2) is 29.3 Å². The minimum Gasteiger partial charge on any atom is -0.373 e. The molecule has 0 bridgehead atoms. The van der Waals surface area contributed by atoms with Crippen LogP contribution in [0.2, 0.25) is 0 Å². The Morgan fingerprint density at radius 1 is 1.08 bits per heavy atom. The quantitative estimate of drug-likeness (QED) is 0.614. The molecule has 1 heterocycles. The van der Waals surface area contributed by atoms with Crippen LogP contribution in [0.1, 0.15) is 37.8 Å². The monoisotopic (exact) mass is 344 g/mol. The number of rotatable bonds is 6. The Labute approximate surface area is 151 Å². The Morgan fingerprint density at radius 2 is 1.72 bits per heavy atom. The summed E-state index contributed by atoms with van der Waals surface area (Å²) in [4.78, 5) is 6.77. The van der Waals surface area contributed by atoms with Crippen molar-refractivity contribution in [3.63, 3.8) is 0 Å². The lowest BCUT2D eigenvalue weighted by atomic mass is 10.1. The summed E-state index contributed by atoms with van der Waals surface area (Å²) < 4.78 is 5.81. The Morgan fingerprint density at radius 3 is 2.32 bits per heavy atom. The first-order valence-electron chi connectivity index (χ1n) is 9.52. The first-order chi connectivity index (χ1) is 12.1. The third-order valence-corrected chi connectivity index (χ3v) is 4.86. The number of hydrogen-bond donors (Lipinski definition) is 2. The minimum atomic E-state index is 0.321. The molecule has 0 spiro atoms. The molecule has 1 aromatic rings. The molecule has 0 amide bonds. The SMILES string of the molecule is CN=C(NCc1ccc(CN2CC(C)OC(C)C2)cc1)NCC1CC1. The molecule has 2 aliphatic rings. The number of nitrogens with one attached hydrogen (secondary N) is 2. The van der Waals surface area contributed by atoms with Crippen LogP contribution < -0.4 is 10.6 Å². The molecule has 25 heavy (non-hydrogen) atoms. The zero-order chi connectivity index (χ0) is 17.6. The highest BCUT2D eigenvalue weighted by atomic mass is 16.5. The predicted molar refractivity (Wildman–Crippen MR) is 103 cm³/mol. The van der Waals surface area contributed by atoms with E-state index in [1.54, 1.807) is 0 Å². The predicted octanol–water partition coefficient (Wildman–Crippen LogP) is 2.37. The lowest BCUT2D eigenvalue weighted by Gasteiger charge is -2.35. The molecule has 2 N–H and O–H groups in total. The van der Waals surface area contributed by atoms with Gasteiger partial charge in [0.1, 0.15) is 0 Å². The van der Waals surface area contributed by atoms with E-state index in [2.05, 4.69) is 58.6 Å². The summed E-state index contributed by atoms with van der Waals surface area (Å²) in [5, 5.41) is 6.79. The number of guanidine groups is 1. The van der Waals surface area contributed by atoms with Gasteiger partial charge in [-0.25, -0.2) is 0 Å². The average molecular weight is 345 g/mol. The maximum Gasteiger partial charge on any atom is 0.191 e. The van der Waals surface area contributed by atoms with Crippen molar-refractivity contribution in [2.75, 3.05) is 26.7 Å². The second-order valence-electron chi connectivity index (χ2n) is 7.52. The van der Waals surface area contributed by atoms with Crippen LogP contribution in [-0.2, 0) is 17.8 Å². The van der Waals surface area contributed by atoms with E-state index < -0.39 is 0 Å². The van der Waals surface area contributed by atoms with Crippen LogP contribution in [0.3, 0.4) is 0 Å². The molecule has 1 aliphatic heterocycles. The number of aliphatic imine (C=N–C) groups is 1. The van der Waals surface area contributed by atoms with Crippen molar-refractivity contribution in [1.82, 2.24) is 15.5 Å². The molecule has 1 saturated carbocycles. The van der Waals surface area contributed by atoms with Gasteiger partial charge in [0.2, 0.25) is 0 Å². The molecule has 2 atom stereocenters. The fourth-order valence-electron chi connectivity index (χ4n) is 3.40. The zero-order valence-electron chi connectivity index (χ0n) is 15.8. The van der Waals surface area contributed by atoms with Crippen LogP contribution >= 0.6 is 0 Å². The molecule has 0 aromatic heterocycles. The molecular formula is C20H32N4O. The van der Waals surface area contributed by atoms with Gasteiger partial charge in [-0.1, -0.05) is 24.3 Å². The van der Waals surface area contributed by atoms with E-state index in [0.717, 1.165) is 44.6 Å². The summed E-state index contributed by atoms with van der Waals surface area (Å²) >= 11 is 0. The van der Waals surface area contributed by atoms with E-state index in [1.165, 1.54) is 24.0 Å². The third-order valence-electron chi connectivity index (χ3n) is 4.86. The third kappa shape index (κ3) is 6.01. The second-order valence-corrected chi connectivity index (χ2v) is 7.52. The molecule has 1 saturated heterocycles. The van der Waals surface area contributed by atoms with Crippen molar-refractivity contribution in [1.29, 1.82) is 0 Å². The van der Waals surface area contributed by atoms with Crippen molar-refractivity contribution in [3.8, 4) is 0 Å². The zero-order valence-corrected chi connectivity index (χ0v) is 15.8. The van der Waals surface area contributed by atoms with Crippen LogP contribution in [0.25, 0.3) is 0 Å². The fourth-order valence-corrected chi connectivity index (χ4v) is 3.40. The van der Waals surface area contributed by atoms with Gasteiger partial charge in [-0.2, -0.15) is 0 Å². The van der Waals surface area contributed by atoms with Gasteiger partial charge in [0.15, 0.2) is 5.96 Å². The standard InChI is InChI=1S/C20H32N4O/c1-15-12-24(13-16(2)25-15)14-19-8-6-18(7-9-19)11-23-20(21-3)22-10-17-4-5-17/h6-9,15-17H,4-5,10-14H2,1-3H3,(H2,21,22,23). The van der Waals surface area contributed by atoms with Crippen molar-refractivity contribution < 1.29 is 4.74 Å². The molecule has 1 aromatic carbocycles. The summed E-state index contributed by atoms with van der Waals surface area (Å²) in [6.07, 6.45) is 3.35. The Bertz CT molecular complexity index is 558. The second kappa shape index (κ2) is 8.68. The van der Waals surface area contributed by atoms with Crippen LogP contribution in [0.5, 0.6) is 0 Å². The van der Waals surface area contributed by atoms with E-state index in [9.17, 15) is 0 Å². The first kappa shape index (κ1) is 18.2. The van der Waals surface area contributed by atoms with E-state index in [-0.39, 0.29) is 0 Å². The topological polar surface area (TPSA) is 48.9 Å². The van der Waals surface area contributed by atoms with E-state index in [1.807, 2.05) is 7.05 Å². The molecule has 3 rings (SSSR count). The number of hydrogen-bond acceptors (Lipinski definition) is 3. The van der Waals surface area contributed by atoms with Crippen molar-refractivity contribution in [2.24, 2.45) is 10.9 Å². The van der Waals surface area contributed by atoms with E-state index >= 15 is 0 Å². The average Bonchev–Trinajstić information content (AvgIpc) is 3.40. The van der Waals surface area contributed by atoms with Crippen LogP contribution in [-0.4, -0.2) is 49.7 Å². The van der Waals surface area contributed by atoms with Gasteiger partial charge in [0, 0.05) is 39.8 Å². The van der Waals surface area contributed by atoms with Gasteiger partial charge in [-0.05, 0) is 43.7 Å². The molecular weight excluding hydrogens is 312 g/mol. The Balaban J connectivity index is 1.44. The van der Waals surface area contributed by atoms with Crippen molar-refractivity contribution in [3.05, 3.63) is 35.4 Å².